The van der Waals surface area contributed by atoms with Gasteiger partial charge in [0.25, 0.3) is 5.56 Å². The molecule has 0 amide bonds. The number of rotatable bonds is 4. The van der Waals surface area contributed by atoms with E-state index in [0.717, 1.165) is 27.9 Å². The maximum atomic E-state index is 12.8. The van der Waals surface area contributed by atoms with E-state index in [1.807, 2.05) is 78.9 Å². The Balaban J connectivity index is 1.40. The fourth-order valence-electron chi connectivity index (χ4n) is 3.17. The lowest BCUT2D eigenvalue weighted by Crippen LogP contribution is -2.22. The van der Waals surface area contributed by atoms with Gasteiger partial charge >= 0.3 is 0 Å². The Morgan fingerprint density at radius 3 is 2.55 bits per heavy atom. The molecule has 0 fully saturated rings. The molecule has 6 heteroatoms. The molecule has 0 bridgehead atoms. The molecule has 0 spiro atoms. The number of hydrogen-bond acceptors (Lipinski definition) is 4. The van der Waals surface area contributed by atoms with E-state index < -0.39 is 0 Å². The van der Waals surface area contributed by atoms with Gasteiger partial charge in [0, 0.05) is 5.02 Å². The molecule has 0 unspecified atom stereocenters. The van der Waals surface area contributed by atoms with E-state index in [2.05, 4.69) is 4.98 Å². The maximum Gasteiger partial charge on any atom is 0.274 e. The number of benzene rings is 3. The predicted octanol–water partition coefficient (Wildman–Crippen LogP) is 4.69. The number of halogens is 1. The zero-order chi connectivity index (χ0) is 19.8. The van der Waals surface area contributed by atoms with Crippen LogP contribution in [0.3, 0.4) is 0 Å². The average molecular weight is 419 g/mol. The molecule has 0 aliphatic rings. The van der Waals surface area contributed by atoms with Crippen LogP contribution in [0, 0.1) is 0 Å². The van der Waals surface area contributed by atoms with E-state index in [0.29, 0.717) is 21.1 Å². The molecule has 142 valence electrons. The summed E-state index contributed by atoms with van der Waals surface area (Å²) in [5.41, 5.74) is 3.63. The summed E-state index contributed by atoms with van der Waals surface area (Å²) >= 11 is 7.30. The van der Waals surface area contributed by atoms with Crippen molar-refractivity contribution in [3.63, 3.8) is 0 Å². The van der Waals surface area contributed by atoms with Crippen molar-refractivity contribution in [1.29, 1.82) is 0 Å². The molecule has 0 N–H and O–H groups in total. The smallest absolute Gasteiger partial charge is 0.274 e. The van der Waals surface area contributed by atoms with Crippen LogP contribution in [-0.2, 0) is 6.61 Å². The molecule has 3 aromatic carbocycles. The monoisotopic (exact) mass is 418 g/mol. The van der Waals surface area contributed by atoms with Gasteiger partial charge < -0.3 is 4.74 Å². The van der Waals surface area contributed by atoms with Crippen LogP contribution in [0.15, 0.2) is 77.6 Å². The summed E-state index contributed by atoms with van der Waals surface area (Å²) < 4.78 is 8.15. The van der Waals surface area contributed by atoms with E-state index in [1.54, 1.807) is 4.40 Å². The molecule has 2 heterocycles. The van der Waals surface area contributed by atoms with Crippen molar-refractivity contribution in [2.75, 3.05) is 0 Å². The Morgan fingerprint density at radius 1 is 1.00 bits per heavy atom. The molecule has 2 aromatic heterocycles. The first-order valence-electron chi connectivity index (χ1n) is 9.06. The average Bonchev–Trinajstić information content (AvgIpc) is 3.25. The molecule has 0 atom stereocenters. The van der Waals surface area contributed by atoms with Gasteiger partial charge in [-0.2, -0.15) is 0 Å². The first kappa shape index (κ1) is 17.9. The molecule has 0 saturated carbocycles. The molecule has 0 aliphatic carbocycles. The summed E-state index contributed by atoms with van der Waals surface area (Å²) in [5.74, 6) is 0.770. The SMILES string of the molecule is O=c1/c(=C/c2ccc(OCc3ccc(Cl)cc3)cc2)sc2nc3ccccc3n12. The highest BCUT2D eigenvalue weighted by Crippen LogP contribution is 2.18. The number of fused-ring (bicyclic) bond motifs is 3. The van der Waals surface area contributed by atoms with Crippen LogP contribution in [0.2, 0.25) is 5.02 Å². The normalized spacial score (nSPS) is 12.1. The van der Waals surface area contributed by atoms with Crippen molar-refractivity contribution in [3.8, 4) is 5.75 Å². The summed E-state index contributed by atoms with van der Waals surface area (Å²) in [6.07, 6.45) is 1.89. The summed E-state index contributed by atoms with van der Waals surface area (Å²) in [6.45, 7) is 0.472. The van der Waals surface area contributed by atoms with Gasteiger partial charge in [-0.3, -0.25) is 4.79 Å². The van der Waals surface area contributed by atoms with Gasteiger partial charge in [0.1, 0.15) is 12.4 Å². The minimum Gasteiger partial charge on any atom is -0.489 e. The standard InChI is InChI=1S/C23H15ClN2O2S/c24-17-9-5-16(6-10-17)14-28-18-11-7-15(8-12-18)13-21-22(27)26-20-4-2-1-3-19(20)25-23(26)29-21/h1-13H,14H2/b21-13-. The van der Waals surface area contributed by atoms with Gasteiger partial charge in [-0.25, -0.2) is 9.38 Å². The third-order valence-corrected chi connectivity index (χ3v) is 5.86. The van der Waals surface area contributed by atoms with Crippen LogP contribution in [-0.4, -0.2) is 9.38 Å². The summed E-state index contributed by atoms with van der Waals surface area (Å²) in [6, 6.07) is 22.9. The van der Waals surface area contributed by atoms with E-state index >= 15 is 0 Å². The van der Waals surface area contributed by atoms with Gasteiger partial charge in [0.2, 0.25) is 0 Å². The number of thiazole rings is 1. The van der Waals surface area contributed by atoms with Gasteiger partial charge in [0.15, 0.2) is 4.96 Å². The van der Waals surface area contributed by atoms with Gasteiger partial charge in [-0.1, -0.05) is 59.3 Å². The van der Waals surface area contributed by atoms with E-state index in [-0.39, 0.29) is 5.56 Å². The highest BCUT2D eigenvalue weighted by molar-refractivity contribution is 7.15. The van der Waals surface area contributed by atoms with Crippen molar-refractivity contribution in [2.24, 2.45) is 0 Å². The molecular formula is C23H15ClN2O2S. The minimum absolute atomic E-state index is 0.0400. The van der Waals surface area contributed by atoms with Crippen molar-refractivity contribution in [2.45, 2.75) is 6.61 Å². The number of hydrogen-bond donors (Lipinski definition) is 0. The first-order valence-corrected chi connectivity index (χ1v) is 10.3. The third kappa shape index (κ3) is 3.50. The van der Waals surface area contributed by atoms with Crippen LogP contribution in [0.4, 0.5) is 0 Å². The molecule has 0 radical (unpaired) electrons. The third-order valence-electron chi connectivity index (χ3n) is 4.64. The molecule has 29 heavy (non-hydrogen) atoms. The van der Waals surface area contributed by atoms with Gasteiger partial charge in [-0.15, -0.1) is 0 Å². The lowest BCUT2D eigenvalue weighted by molar-refractivity contribution is 0.306. The fraction of sp³-hybridized carbons (Fsp3) is 0.0435. The van der Waals surface area contributed by atoms with Gasteiger partial charge in [0.05, 0.1) is 15.6 Å². The Kier molecular flexibility index (Phi) is 4.54. The number of para-hydroxylation sites is 2. The van der Waals surface area contributed by atoms with E-state index in [4.69, 9.17) is 16.3 Å². The number of imidazole rings is 1. The highest BCUT2D eigenvalue weighted by Gasteiger charge is 2.10. The van der Waals surface area contributed by atoms with Crippen molar-refractivity contribution < 1.29 is 4.74 Å². The van der Waals surface area contributed by atoms with Crippen LogP contribution in [0.1, 0.15) is 11.1 Å². The Hall–Kier alpha value is -3.15. The summed E-state index contributed by atoms with van der Waals surface area (Å²) in [5, 5.41) is 0.709. The number of aromatic nitrogens is 2. The molecule has 5 aromatic rings. The van der Waals surface area contributed by atoms with E-state index in [1.165, 1.54) is 11.3 Å². The second kappa shape index (κ2) is 7.35. The minimum atomic E-state index is -0.0400. The maximum absolute atomic E-state index is 12.8. The first-order chi connectivity index (χ1) is 14.2. The lowest BCUT2D eigenvalue weighted by Gasteiger charge is -2.06. The molecule has 0 saturated heterocycles. The molecular weight excluding hydrogens is 404 g/mol. The van der Waals surface area contributed by atoms with Crippen LogP contribution in [0.5, 0.6) is 5.75 Å². The largest absolute Gasteiger partial charge is 0.489 e. The second-order valence-electron chi connectivity index (χ2n) is 6.62. The van der Waals surface area contributed by atoms with Crippen LogP contribution >= 0.6 is 22.9 Å². The number of ether oxygens (including phenoxy) is 1. The zero-order valence-electron chi connectivity index (χ0n) is 15.2. The topological polar surface area (TPSA) is 43.6 Å². The predicted molar refractivity (Wildman–Crippen MR) is 118 cm³/mol. The van der Waals surface area contributed by atoms with Gasteiger partial charge in [-0.05, 0) is 53.6 Å². The number of nitrogens with zero attached hydrogens (tertiary/aromatic N) is 2. The quantitative estimate of drug-likeness (QED) is 0.425. The second-order valence-corrected chi connectivity index (χ2v) is 8.06. The van der Waals surface area contributed by atoms with Crippen LogP contribution < -0.4 is 14.8 Å². The molecule has 4 nitrogen and oxygen atoms in total. The van der Waals surface area contributed by atoms with Crippen molar-refractivity contribution >= 4 is 45.0 Å². The highest BCUT2D eigenvalue weighted by atomic mass is 35.5. The van der Waals surface area contributed by atoms with Crippen molar-refractivity contribution in [3.05, 3.63) is 104 Å². The summed E-state index contributed by atoms with van der Waals surface area (Å²) in [7, 11) is 0. The zero-order valence-corrected chi connectivity index (χ0v) is 16.8. The Morgan fingerprint density at radius 2 is 1.76 bits per heavy atom. The molecule has 5 rings (SSSR count). The van der Waals surface area contributed by atoms with Crippen LogP contribution in [0.25, 0.3) is 22.1 Å². The Bertz CT molecular complexity index is 1420. The fourth-order valence-corrected chi connectivity index (χ4v) is 4.28. The lowest BCUT2D eigenvalue weighted by atomic mass is 10.2. The Labute approximate surface area is 175 Å². The van der Waals surface area contributed by atoms with E-state index in [9.17, 15) is 4.79 Å². The molecule has 0 aliphatic heterocycles. The van der Waals surface area contributed by atoms with Crippen molar-refractivity contribution in [1.82, 2.24) is 9.38 Å². The summed E-state index contributed by atoms with van der Waals surface area (Å²) in [4.78, 5) is 18.1.